The Morgan fingerprint density at radius 3 is 2.24 bits per heavy atom. The van der Waals surface area contributed by atoms with E-state index in [-0.39, 0.29) is 17.9 Å². The van der Waals surface area contributed by atoms with Crippen molar-refractivity contribution in [2.75, 3.05) is 32.7 Å². The van der Waals surface area contributed by atoms with E-state index in [4.69, 9.17) is 18.9 Å². The van der Waals surface area contributed by atoms with Crippen LogP contribution in [-0.2, 0) is 28.8 Å². The Morgan fingerprint density at radius 1 is 1.12 bits per heavy atom. The normalized spacial score (nSPS) is 18.6. The highest BCUT2D eigenvalue weighted by atomic mass is 32.2. The van der Waals surface area contributed by atoms with Crippen molar-refractivity contribution in [3.05, 3.63) is 48.5 Å². The molecule has 1 aliphatic rings. The average Bonchev–Trinajstić information content (AvgIpc) is 3.17. The van der Waals surface area contributed by atoms with E-state index in [0.29, 0.717) is 24.0 Å². The molecule has 1 fully saturated rings. The van der Waals surface area contributed by atoms with Crippen molar-refractivity contribution >= 4 is 16.2 Å². The number of carbonyl (C=O) groups excluding carboxylic acids is 1. The van der Waals surface area contributed by atoms with Gasteiger partial charge in [-0.1, -0.05) is 24.3 Å². The molecule has 0 radical (unpaired) electrons. The number of sulfone groups is 1. The average molecular weight is 480 g/mol. The number of amides is 1. The fourth-order valence-electron chi connectivity index (χ4n) is 3.50. The first kappa shape index (κ1) is 25.1. The maximum Gasteiger partial charge on any atom is 0.233 e. The molecular weight excluding hydrogens is 450 g/mol. The van der Waals surface area contributed by atoms with E-state index < -0.39 is 33.5 Å². The van der Waals surface area contributed by atoms with Crippen LogP contribution in [0.5, 0.6) is 5.75 Å². The smallest absolute Gasteiger partial charge is 0.233 e. The number of hydroxylamine groups is 2. The molecule has 1 heterocycles. The maximum atomic E-state index is 13.0. The SMILES string of the molecule is COCCOc1ccc(-c2ccc(S(=O)(=O)CC(C3COC(C)(C)O3)N(O)C=O)cc2)cc1. The van der Waals surface area contributed by atoms with Crippen LogP contribution in [-0.4, -0.2) is 75.7 Å². The molecule has 2 aromatic carbocycles. The Balaban J connectivity index is 1.72. The Labute approximate surface area is 193 Å². The number of nitrogens with zero attached hydrogens (tertiary/aromatic N) is 1. The molecule has 0 aliphatic carbocycles. The number of hydrogen-bond donors (Lipinski definition) is 1. The lowest BCUT2D eigenvalue weighted by Crippen LogP contribution is -2.47. The van der Waals surface area contributed by atoms with Crippen molar-refractivity contribution in [1.82, 2.24) is 5.06 Å². The lowest BCUT2D eigenvalue weighted by molar-refractivity contribution is -0.182. The van der Waals surface area contributed by atoms with E-state index >= 15 is 0 Å². The van der Waals surface area contributed by atoms with Crippen molar-refractivity contribution < 1.29 is 37.4 Å². The number of carbonyl (C=O) groups is 1. The van der Waals surface area contributed by atoms with Crippen LogP contribution < -0.4 is 4.74 Å². The van der Waals surface area contributed by atoms with Crippen molar-refractivity contribution in [1.29, 1.82) is 0 Å². The summed E-state index contributed by atoms with van der Waals surface area (Å²) in [5.74, 6) is -0.729. The number of methoxy groups -OCH3 is 1. The van der Waals surface area contributed by atoms with Gasteiger partial charge in [-0.05, 0) is 49.2 Å². The van der Waals surface area contributed by atoms with Gasteiger partial charge in [-0.15, -0.1) is 0 Å². The molecule has 9 nitrogen and oxygen atoms in total. The van der Waals surface area contributed by atoms with Crippen LogP contribution in [0.2, 0.25) is 0 Å². The summed E-state index contributed by atoms with van der Waals surface area (Å²) < 4.78 is 47.7. The highest BCUT2D eigenvalue weighted by Crippen LogP contribution is 2.28. The second kappa shape index (κ2) is 10.6. The monoisotopic (exact) mass is 479 g/mol. The van der Waals surface area contributed by atoms with Gasteiger partial charge in [0.05, 0.1) is 23.9 Å². The van der Waals surface area contributed by atoms with Gasteiger partial charge in [0, 0.05) is 7.11 Å². The standard InChI is InChI=1S/C23H29NO8S/c1-23(2)31-14-22(32-23)21(24(26)16-25)15-33(27,28)20-10-6-18(7-11-20)17-4-8-19(9-5-17)30-13-12-29-3/h4-11,16,21-22,26H,12-15H2,1-3H3. The number of hydrogen-bond acceptors (Lipinski definition) is 8. The van der Waals surface area contributed by atoms with Crippen LogP contribution in [0.3, 0.4) is 0 Å². The van der Waals surface area contributed by atoms with E-state index in [1.807, 2.05) is 24.3 Å². The lowest BCUT2D eigenvalue weighted by Gasteiger charge is -2.27. The van der Waals surface area contributed by atoms with Gasteiger partial charge < -0.3 is 18.9 Å². The summed E-state index contributed by atoms with van der Waals surface area (Å²) in [6.45, 7) is 4.37. The van der Waals surface area contributed by atoms with E-state index in [9.17, 15) is 18.4 Å². The zero-order valence-corrected chi connectivity index (χ0v) is 19.7. The van der Waals surface area contributed by atoms with Gasteiger partial charge in [-0.3, -0.25) is 10.0 Å². The Kier molecular flexibility index (Phi) is 8.09. The van der Waals surface area contributed by atoms with Crippen molar-refractivity contribution in [2.45, 2.75) is 36.7 Å². The molecule has 0 saturated carbocycles. The highest BCUT2D eigenvalue weighted by molar-refractivity contribution is 7.91. The van der Waals surface area contributed by atoms with Crippen LogP contribution >= 0.6 is 0 Å². The first-order valence-corrected chi connectivity index (χ1v) is 12.1. The van der Waals surface area contributed by atoms with E-state index in [1.165, 1.54) is 12.1 Å². The molecule has 10 heteroatoms. The first-order valence-electron chi connectivity index (χ1n) is 10.4. The summed E-state index contributed by atoms with van der Waals surface area (Å²) in [4.78, 5) is 11.2. The topological polar surface area (TPSA) is 112 Å². The Bertz CT molecular complexity index is 1020. The number of ether oxygens (including phenoxy) is 4. The second-order valence-corrected chi connectivity index (χ2v) is 10.1. The Hall–Kier alpha value is -2.50. The zero-order chi connectivity index (χ0) is 24.1. The van der Waals surface area contributed by atoms with Gasteiger partial charge >= 0.3 is 0 Å². The van der Waals surface area contributed by atoms with Crippen LogP contribution in [0.4, 0.5) is 0 Å². The van der Waals surface area contributed by atoms with Crippen LogP contribution in [0.15, 0.2) is 53.4 Å². The first-order chi connectivity index (χ1) is 15.6. The van der Waals surface area contributed by atoms with Crippen LogP contribution in [0.1, 0.15) is 13.8 Å². The molecular formula is C23H29NO8S. The Morgan fingerprint density at radius 2 is 1.73 bits per heavy atom. The highest BCUT2D eigenvalue weighted by Gasteiger charge is 2.41. The van der Waals surface area contributed by atoms with Crippen molar-refractivity contribution in [2.24, 2.45) is 0 Å². The van der Waals surface area contributed by atoms with Crippen LogP contribution in [0.25, 0.3) is 11.1 Å². The third-order valence-electron chi connectivity index (χ3n) is 5.25. The van der Waals surface area contributed by atoms with Gasteiger partial charge in [0.25, 0.3) is 0 Å². The summed E-state index contributed by atoms with van der Waals surface area (Å²) in [5, 5.41) is 10.3. The molecule has 1 amide bonds. The third kappa shape index (κ3) is 6.52. The number of rotatable bonds is 11. The van der Waals surface area contributed by atoms with E-state index in [2.05, 4.69) is 0 Å². The molecule has 2 aromatic rings. The van der Waals surface area contributed by atoms with E-state index in [1.54, 1.807) is 33.1 Å². The molecule has 2 atom stereocenters. The molecule has 1 saturated heterocycles. The summed E-state index contributed by atoms with van der Waals surface area (Å²) in [5.41, 5.74) is 1.73. The minimum absolute atomic E-state index is 0.0577. The van der Waals surface area contributed by atoms with Crippen molar-refractivity contribution in [3.63, 3.8) is 0 Å². The summed E-state index contributed by atoms with van der Waals surface area (Å²) >= 11 is 0. The molecule has 180 valence electrons. The molecule has 0 spiro atoms. The van der Waals surface area contributed by atoms with E-state index in [0.717, 1.165) is 11.1 Å². The summed E-state index contributed by atoms with van der Waals surface area (Å²) in [6.07, 6.45) is -0.616. The van der Waals surface area contributed by atoms with Gasteiger partial charge in [-0.25, -0.2) is 13.5 Å². The summed E-state index contributed by atoms with van der Waals surface area (Å²) in [6, 6.07) is 12.7. The van der Waals surface area contributed by atoms with Crippen molar-refractivity contribution in [3.8, 4) is 16.9 Å². The van der Waals surface area contributed by atoms with Gasteiger partial charge in [-0.2, -0.15) is 0 Å². The minimum atomic E-state index is -3.84. The van der Waals surface area contributed by atoms with Crippen LogP contribution in [0, 0.1) is 0 Å². The fraction of sp³-hybridized carbons (Fsp3) is 0.435. The fourth-order valence-corrected chi connectivity index (χ4v) is 5.06. The van der Waals surface area contributed by atoms with Gasteiger partial charge in [0.15, 0.2) is 15.6 Å². The number of benzene rings is 2. The molecule has 1 aliphatic heterocycles. The molecule has 3 rings (SSSR count). The molecule has 33 heavy (non-hydrogen) atoms. The predicted octanol–water partition coefficient (Wildman–Crippen LogP) is 2.52. The minimum Gasteiger partial charge on any atom is -0.491 e. The molecule has 0 bridgehead atoms. The van der Waals surface area contributed by atoms with Gasteiger partial charge in [0.1, 0.15) is 24.5 Å². The predicted molar refractivity (Wildman–Crippen MR) is 120 cm³/mol. The maximum absolute atomic E-state index is 13.0. The zero-order valence-electron chi connectivity index (χ0n) is 18.8. The molecule has 1 N–H and O–H groups in total. The second-order valence-electron chi connectivity index (χ2n) is 8.09. The van der Waals surface area contributed by atoms with Gasteiger partial charge in [0.2, 0.25) is 6.41 Å². The largest absolute Gasteiger partial charge is 0.491 e. The third-order valence-corrected chi connectivity index (χ3v) is 7.03. The quantitative estimate of drug-likeness (QED) is 0.227. The summed E-state index contributed by atoms with van der Waals surface area (Å²) in [7, 11) is -2.23. The lowest BCUT2D eigenvalue weighted by atomic mass is 10.1. The molecule has 2 unspecified atom stereocenters. The molecule has 0 aromatic heterocycles.